The molecular weight excluding hydrogens is 406 g/mol. The van der Waals surface area contributed by atoms with Crippen molar-refractivity contribution in [2.75, 3.05) is 28.4 Å². The molecule has 0 saturated carbocycles. The number of pyridine rings is 1. The van der Waals surface area contributed by atoms with Crippen LogP contribution in [0, 0.1) is 0 Å². The third kappa shape index (κ3) is 3.21. The minimum atomic E-state index is -0.00537. The highest BCUT2D eigenvalue weighted by atomic mass is 35.5. The fraction of sp³-hybridized carbons (Fsp3) is 0.304. The molecule has 0 unspecified atom stereocenters. The summed E-state index contributed by atoms with van der Waals surface area (Å²) in [6.45, 7) is 2.34. The Bertz CT molecular complexity index is 1140. The van der Waals surface area contributed by atoms with E-state index in [4.69, 9.17) is 18.9 Å². The number of carbonyl (C=O) groups excluding carboxylic acids is 1. The minimum Gasteiger partial charge on any atom is -1.00 e. The second kappa shape index (κ2) is 8.40. The summed E-state index contributed by atoms with van der Waals surface area (Å²) < 4.78 is 24.2. The van der Waals surface area contributed by atoms with Crippen LogP contribution in [0.15, 0.2) is 30.5 Å². The van der Waals surface area contributed by atoms with E-state index in [1.807, 2.05) is 30.5 Å². The molecule has 0 fully saturated rings. The van der Waals surface area contributed by atoms with E-state index in [0.29, 0.717) is 28.6 Å². The van der Waals surface area contributed by atoms with E-state index in [1.165, 1.54) is 0 Å². The van der Waals surface area contributed by atoms with Gasteiger partial charge in [0.05, 0.1) is 45.0 Å². The molecular formula is C23H24ClNO5. The van der Waals surface area contributed by atoms with Gasteiger partial charge in [0.2, 0.25) is 5.69 Å². The van der Waals surface area contributed by atoms with Gasteiger partial charge in [-0.3, -0.25) is 4.79 Å². The molecule has 0 aliphatic carbocycles. The summed E-state index contributed by atoms with van der Waals surface area (Å²) in [6, 6.07) is 7.71. The van der Waals surface area contributed by atoms with Crippen LogP contribution in [0.4, 0.5) is 0 Å². The molecule has 1 aromatic heterocycles. The SMILES string of the molecule is COc1cc2c(cc1OC)-c1c(C(C)=O)c3ccc(OC)c(OC)c3c[n+]1CC2.[Cl-]. The normalized spacial score (nSPS) is 11.8. The van der Waals surface area contributed by atoms with Crippen LogP contribution in [0.2, 0.25) is 0 Å². The number of aromatic nitrogens is 1. The summed E-state index contributed by atoms with van der Waals surface area (Å²) in [5, 5.41) is 1.69. The minimum absolute atomic E-state index is 0. The molecule has 4 rings (SSSR count). The lowest BCUT2D eigenvalue weighted by molar-refractivity contribution is -0.686. The maximum Gasteiger partial charge on any atom is 0.224 e. The Morgan fingerprint density at radius 3 is 2.17 bits per heavy atom. The average Bonchev–Trinajstić information content (AvgIpc) is 2.75. The smallest absolute Gasteiger partial charge is 0.224 e. The zero-order chi connectivity index (χ0) is 20.7. The zero-order valence-electron chi connectivity index (χ0n) is 17.7. The largest absolute Gasteiger partial charge is 1.00 e. The van der Waals surface area contributed by atoms with E-state index >= 15 is 0 Å². The van der Waals surface area contributed by atoms with Gasteiger partial charge in [-0.25, -0.2) is 0 Å². The second-order valence-corrected chi connectivity index (χ2v) is 6.98. The van der Waals surface area contributed by atoms with E-state index < -0.39 is 0 Å². The number of carbonyl (C=O) groups is 1. The number of methoxy groups -OCH3 is 4. The first kappa shape index (κ1) is 21.7. The van der Waals surface area contributed by atoms with Crippen molar-refractivity contribution in [3.63, 3.8) is 0 Å². The zero-order valence-corrected chi connectivity index (χ0v) is 18.4. The number of halogens is 1. The molecule has 2 aromatic carbocycles. The van der Waals surface area contributed by atoms with Gasteiger partial charge >= 0.3 is 0 Å². The molecule has 7 heteroatoms. The highest BCUT2D eigenvalue weighted by Gasteiger charge is 2.32. The van der Waals surface area contributed by atoms with Crippen molar-refractivity contribution >= 4 is 16.6 Å². The standard InChI is InChI=1S/C23H24NO5.ClH/c1-13(25)21-15-6-7-18(26-2)23(29-5)17(15)12-24-9-8-14-10-19(27-3)20(28-4)11-16(14)22(21)24;/h6-7,10-12H,8-9H2,1-5H3;1H/q+1;/p-1. The highest BCUT2D eigenvalue weighted by Crippen LogP contribution is 2.42. The number of ether oxygens (including phenoxy) is 4. The molecule has 0 bridgehead atoms. The first-order chi connectivity index (χ1) is 14.0. The van der Waals surface area contributed by atoms with E-state index in [1.54, 1.807) is 35.4 Å². The number of benzene rings is 2. The van der Waals surface area contributed by atoms with Gasteiger partial charge in [-0.05, 0) is 36.8 Å². The van der Waals surface area contributed by atoms with Gasteiger partial charge in [-0.15, -0.1) is 0 Å². The van der Waals surface area contributed by atoms with Crippen molar-refractivity contribution in [1.29, 1.82) is 0 Å². The lowest BCUT2D eigenvalue weighted by Crippen LogP contribution is -3.00. The molecule has 0 spiro atoms. The van der Waals surface area contributed by atoms with Crippen LogP contribution < -0.4 is 35.9 Å². The summed E-state index contributed by atoms with van der Waals surface area (Å²) in [7, 11) is 6.47. The molecule has 0 amide bonds. The molecule has 1 aliphatic rings. The number of hydrogen-bond acceptors (Lipinski definition) is 5. The molecule has 0 N–H and O–H groups in total. The quantitative estimate of drug-likeness (QED) is 0.439. The van der Waals surface area contributed by atoms with Crippen molar-refractivity contribution in [3.05, 3.63) is 41.6 Å². The molecule has 0 radical (unpaired) electrons. The molecule has 30 heavy (non-hydrogen) atoms. The van der Waals surface area contributed by atoms with Gasteiger partial charge in [-0.2, -0.15) is 4.57 Å². The van der Waals surface area contributed by atoms with Gasteiger partial charge in [-0.1, -0.05) is 0 Å². The Morgan fingerprint density at radius 1 is 0.900 bits per heavy atom. The van der Waals surface area contributed by atoms with Crippen molar-refractivity contribution in [2.24, 2.45) is 0 Å². The van der Waals surface area contributed by atoms with Crippen LogP contribution in [0.3, 0.4) is 0 Å². The van der Waals surface area contributed by atoms with Crippen molar-refractivity contribution < 1.29 is 40.7 Å². The monoisotopic (exact) mass is 429 g/mol. The maximum absolute atomic E-state index is 12.8. The van der Waals surface area contributed by atoms with Crippen LogP contribution in [0.25, 0.3) is 22.0 Å². The van der Waals surface area contributed by atoms with Crippen molar-refractivity contribution in [2.45, 2.75) is 19.9 Å². The van der Waals surface area contributed by atoms with E-state index in [0.717, 1.165) is 40.6 Å². The number of nitrogens with zero attached hydrogens (tertiary/aromatic N) is 1. The van der Waals surface area contributed by atoms with Crippen LogP contribution in [-0.2, 0) is 13.0 Å². The van der Waals surface area contributed by atoms with Gasteiger partial charge < -0.3 is 31.4 Å². The van der Waals surface area contributed by atoms with Crippen molar-refractivity contribution in [3.8, 4) is 34.3 Å². The predicted octanol–water partition coefficient (Wildman–Crippen LogP) is 0.591. The molecule has 2 heterocycles. The molecule has 0 saturated heterocycles. The summed E-state index contributed by atoms with van der Waals surface area (Å²) in [5.41, 5.74) is 3.66. The fourth-order valence-corrected chi connectivity index (χ4v) is 4.20. The predicted molar refractivity (Wildman–Crippen MR) is 109 cm³/mol. The van der Waals surface area contributed by atoms with Crippen LogP contribution >= 0.6 is 0 Å². The molecule has 158 valence electrons. The number of fused-ring (bicyclic) bond motifs is 4. The Morgan fingerprint density at radius 2 is 1.57 bits per heavy atom. The van der Waals surface area contributed by atoms with Gasteiger partial charge in [0.25, 0.3) is 0 Å². The summed E-state index contributed by atoms with van der Waals surface area (Å²) >= 11 is 0. The molecule has 3 aromatic rings. The van der Waals surface area contributed by atoms with Crippen LogP contribution in [0.5, 0.6) is 23.0 Å². The second-order valence-electron chi connectivity index (χ2n) is 6.98. The van der Waals surface area contributed by atoms with Gasteiger partial charge in [0, 0.05) is 11.8 Å². The number of rotatable bonds is 5. The van der Waals surface area contributed by atoms with E-state index in [-0.39, 0.29) is 18.2 Å². The third-order valence-electron chi connectivity index (χ3n) is 5.50. The summed E-state index contributed by atoms with van der Waals surface area (Å²) in [5.74, 6) is 2.59. The molecule has 6 nitrogen and oxygen atoms in total. The number of aryl methyl sites for hydroxylation is 2. The Kier molecular flexibility index (Phi) is 6.08. The van der Waals surface area contributed by atoms with E-state index in [9.17, 15) is 4.79 Å². The average molecular weight is 430 g/mol. The molecule has 0 atom stereocenters. The van der Waals surface area contributed by atoms with Crippen LogP contribution in [-0.4, -0.2) is 34.2 Å². The van der Waals surface area contributed by atoms with E-state index in [2.05, 4.69) is 4.57 Å². The van der Waals surface area contributed by atoms with Gasteiger partial charge in [0.15, 0.2) is 41.5 Å². The Hall–Kier alpha value is -2.99. The summed E-state index contributed by atoms with van der Waals surface area (Å²) in [6.07, 6.45) is 2.86. The number of ketones is 1. The lowest BCUT2D eigenvalue weighted by Gasteiger charge is -2.21. The number of hydrogen-bond donors (Lipinski definition) is 0. The first-order valence-electron chi connectivity index (χ1n) is 9.41. The highest BCUT2D eigenvalue weighted by molar-refractivity contribution is 6.12. The maximum atomic E-state index is 12.8. The Labute approximate surface area is 181 Å². The molecule has 1 aliphatic heterocycles. The fourth-order valence-electron chi connectivity index (χ4n) is 4.20. The number of Topliss-reactive ketones (excluding diaryl/α,β-unsaturated/α-hetero) is 1. The van der Waals surface area contributed by atoms with Gasteiger partial charge in [0.1, 0.15) is 0 Å². The Balaban J connectivity index is 0.00000256. The topological polar surface area (TPSA) is 57.9 Å². The van der Waals surface area contributed by atoms with Crippen LogP contribution in [0.1, 0.15) is 22.8 Å². The first-order valence-corrected chi connectivity index (χ1v) is 9.41. The lowest BCUT2D eigenvalue weighted by atomic mass is 9.90. The third-order valence-corrected chi connectivity index (χ3v) is 5.50. The summed E-state index contributed by atoms with van der Waals surface area (Å²) in [4.78, 5) is 12.8. The van der Waals surface area contributed by atoms with Crippen molar-refractivity contribution in [1.82, 2.24) is 0 Å².